The fourth-order valence-corrected chi connectivity index (χ4v) is 3.95. The number of hydrogen-bond acceptors (Lipinski definition) is 6. The fraction of sp³-hybridized carbons (Fsp3) is 0.0769. The largest absolute Gasteiger partial charge is 0.342 e. The third kappa shape index (κ3) is 5.13. The van der Waals surface area contributed by atoms with E-state index >= 15 is 0 Å². The number of nitrogens with zero attached hydrogens (tertiary/aromatic N) is 5. The van der Waals surface area contributed by atoms with Gasteiger partial charge in [-0.3, -0.25) is 19.7 Å². The zero-order chi connectivity index (χ0) is 26.6. The van der Waals surface area contributed by atoms with E-state index in [1.165, 1.54) is 41.2 Å². The second kappa shape index (κ2) is 10.6. The highest BCUT2D eigenvalue weighted by atomic mass is 35.5. The molecule has 12 heteroatoms. The molecule has 2 aromatic carbocycles. The van der Waals surface area contributed by atoms with Crippen LogP contribution in [-0.4, -0.2) is 42.0 Å². The Morgan fingerprint density at radius 3 is 2.61 bits per heavy atom. The molecular formula is C26H20ClFN8O2. The van der Waals surface area contributed by atoms with Crippen LogP contribution in [0.5, 0.6) is 0 Å². The highest BCUT2D eigenvalue weighted by Gasteiger charge is 2.21. The second-order valence-corrected chi connectivity index (χ2v) is 8.65. The molecule has 5 aromatic rings. The monoisotopic (exact) mass is 530 g/mol. The summed E-state index contributed by atoms with van der Waals surface area (Å²) in [7, 11) is 0. The van der Waals surface area contributed by atoms with Gasteiger partial charge in [0.05, 0.1) is 22.3 Å². The predicted octanol–water partition coefficient (Wildman–Crippen LogP) is 4.59. The Balaban J connectivity index is 1.46. The van der Waals surface area contributed by atoms with E-state index in [-0.39, 0.29) is 27.8 Å². The Labute approximate surface area is 220 Å². The van der Waals surface area contributed by atoms with Gasteiger partial charge in [0.2, 0.25) is 0 Å². The summed E-state index contributed by atoms with van der Waals surface area (Å²) in [5.41, 5.74) is 1.80. The second-order valence-electron chi connectivity index (χ2n) is 8.24. The molecule has 3 N–H and O–H groups in total. The highest BCUT2D eigenvalue weighted by Crippen LogP contribution is 2.27. The molecule has 0 saturated carbocycles. The van der Waals surface area contributed by atoms with Crippen LogP contribution in [0.1, 0.15) is 39.5 Å². The van der Waals surface area contributed by atoms with E-state index in [9.17, 15) is 14.0 Å². The van der Waals surface area contributed by atoms with Crippen molar-refractivity contribution in [1.82, 2.24) is 35.5 Å². The summed E-state index contributed by atoms with van der Waals surface area (Å²) in [5, 5.41) is 20.3. The number of aromatic nitrogens is 6. The molecule has 1 atom stereocenters. The summed E-state index contributed by atoms with van der Waals surface area (Å²) in [6.45, 7) is 1.76. The van der Waals surface area contributed by atoms with Crippen molar-refractivity contribution in [2.24, 2.45) is 0 Å². The number of para-hydroxylation sites is 1. The van der Waals surface area contributed by atoms with Gasteiger partial charge >= 0.3 is 0 Å². The van der Waals surface area contributed by atoms with Gasteiger partial charge in [-0.1, -0.05) is 41.1 Å². The molecule has 190 valence electrons. The number of H-pyrrole nitrogens is 1. The van der Waals surface area contributed by atoms with Crippen LogP contribution < -0.4 is 10.6 Å². The fourth-order valence-electron chi connectivity index (χ4n) is 3.74. The molecule has 1 unspecified atom stereocenters. The van der Waals surface area contributed by atoms with E-state index in [0.717, 1.165) is 0 Å². The van der Waals surface area contributed by atoms with E-state index < -0.39 is 23.7 Å². The van der Waals surface area contributed by atoms with Gasteiger partial charge in [-0.15, -0.1) is 5.10 Å². The van der Waals surface area contributed by atoms with E-state index in [1.54, 1.807) is 43.5 Å². The number of carbonyl (C=O) groups excluding carboxylic acids is 2. The lowest BCUT2D eigenvalue weighted by Crippen LogP contribution is -2.27. The smallest absolute Gasteiger partial charge is 0.272 e. The zero-order valence-corrected chi connectivity index (χ0v) is 20.6. The summed E-state index contributed by atoms with van der Waals surface area (Å²) >= 11 is 6.33. The lowest BCUT2D eigenvalue weighted by atomic mass is 10.1. The molecule has 38 heavy (non-hydrogen) atoms. The lowest BCUT2D eigenvalue weighted by Gasteiger charge is -2.11. The Kier molecular flexibility index (Phi) is 6.92. The molecular weight excluding hydrogens is 511 g/mol. The van der Waals surface area contributed by atoms with Crippen molar-refractivity contribution < 1.29 is 14.0 Å². The maximum atomic E-state index is 14.3. The molecule has 2 amide bonds. The van der Waals surface area contributed by atoms with E-state index in [1.807, 2.05) is 6.07 Å². The van der Waals surface area contributed by atoms with Crippen LogP contribution >= 0.6 is 11.6 Å². The first-order valence-corrected chi connectivity index (χ1v) is 11.8. The number of anilines is 1. The Morgan fingerprint density at radius 1 is 1.05 bits per heavy atom. The van der Waals surface area contributed by atoms with Crippen molar-refractivity contribution in [2.75, 3.05) is 5.32 Å². The average molecular weight is 531 g/mol. The van der Waals surface area contributed by atoms with Gasteiger partial charge in [0.15, 0.2) is 5.69 Å². The quantitative estimate of drug-likeness (QED) is 0.282. The van der Waals surface area contributed by atoms with Crippen LogP contribution in [-0.2, 0) is 0 Å². The Bertz CT molecular complexity index is 1610. The van der Waals surface area contributed by atoms with Crippen LogP contribution in [0, 0.1) is 5.82 Å². The van der Waals surface area contributed by atoms with Crippen LogP contribution in [0.15, 0.2) is 79.1 Å². The Hall–Kier alpha value is -4.90. The van der Waals surface area contributed by atoms with Crippen LogP contribution in [0.3, 0.4) is 0 Å². The minimum atomic E-state index is -0.576. The minimum Gasteiger partial charge on any atom is -0.342 e. The van der Waals surface area contributed by atoms with Crippen LogP contribution in [0.4, 0.5) is 10.2 Å². The zero-order valence-electron chi connectivity index (χ0n) is 19.9. The predicted molar refractivity (Wildman–Crippen MR) is 138 cm³/mol. The number of carbonyl (C=O) groups is 2. The van der Waals surface area contributed by atoms with Gasteiger partial charge in [0.25, 0.3) is 11.8 Å². The van der Waals surface area contributed by atoms with E-state index in [2.05, 4.69) is 36.1 Å². The van der Waals surface area contributed by atoms with Crippen molar-refractivity contribution in [3.8, 4) is 16.9 Å². The maximum absolute atomic E-state index is 14.3. The normalized spacial score (nSPS) is 11.7. The number of hydrogen-bond donors (Lipinski definition) is 3. The number of nitrogens with one attached hydrogen (secondary N) is 3. The van der Waals surface area contributed by atoms with Gasteiger partial charge in [0, 0.05) is 24.0 Å². The van der Waals surface area contributed by atoms with Gasteiger partial charge in [-0.05, 0) is 43.3 Å². The number of halogens is 2. The van der Waals surface area contributed by atoms with Crippen LogP contribution in [0.25, 0.3) is 16.9 Å². The molecule has 3 heterocycles. The number of benzene rings is 2. The van der Waals surface area contributed by atoms with E-state index in [4.69, 9.17) is 11.6 Å². The minimum absolute atomic E-state index is 0.0647. The first-order chi connectivity index (χ1) is 18.4. The number of rotatable bonds is 7. The molecule has 10 nitrogen and oxygen atoms in total. The summed E-state index contributed by atoms with van der Waals surface area (Å²) in [4.78, 5) is 30.4. The third-order valence-electron chi connectivity index (χ3n) is 5.65. The van der Waals surface area contributed by atoms with Gasteiger partial charge in [-0.2, -0.15) is 5.10 Å². The molecule has 3 aromatic heterocycles. The molecule has 0 aliphatic heterocycles. The van der Waals surface area contributed by atoms with Crippen LogP contribution in [0.2, 0.25) is 5.02 Å². The first-order valence-electron chi connectivity index (χ1n) is 11.4. The molecule has 0 aliphatic rings. The molecule has 0 aliphatic carbocycles. The lowest BCUT2D eigenvalue weighted by molar-refractivity contribution is 0.0933. The molecule has 0 fully saturated rings. The molecule has 0 radical (unpaired) electrons. The van der Waals surface area contributed by atoms with Crippen molar-refractivity contribution in [1.29, 1.82) is 0 Å². The summed E-state index contributed by atoms with van der Waals surface area (Å²) in [6, 6.07) is 17.3. The third-order valence-corrected chi connectivity index (χ3v) is 5.98. The van der Waals surface area contributed by atoms with Crippen molar-refractivity contribution in [3.05, 3.63) is 107 Å². The summed E-state index contributed by atoms with van der Waals surface area (Å²) in [6.07, 6.45) is 3.04. The molecule has 0 saturated heterocycles. The topological polar surface area (TPSA) is 130 Å². The van der Waals surface area contributed by atoms with Gasteiger partial charge in [-0.25, -0.2) is 9.07 Å². The average Bonchev–Trinajstić information content (AvgIpc) is 3.61. The number of pyridine rings is 1. The van der Waals surface area contributed by atoms with Crippen molar-refractivity contribution in [3.63, 3.8) is 0 Å². The van der Waals surface area contributed by atoms with Crippen molar-refractivity contribution in [2.45, 2.75) is 13.0 Å². The standard InChI is InChI=1S/C26H20ClFN8O2/c1-15(22-14-30-35-33-22)31-26(38)21-13-23(36(34-21)17-6-3-2-4-7-17)32-25(37)18-12-16(9-10-19(18)27)24-20(28)8-5-11-29-24/h2-15H,1H3,(H,31,38)(H,32,37)(H,30,33,35). The molecule has 5 rings (SSSR count). The first kappa shape index (κ1) is 24.8. The molecule has 0 spiro atoms. The number of aromatic amines is 1. The van der Waals surface area contributed by atoms with E-state index in [0.29, 0.717) is 16.9 Å². The highest BCUT2D eigenvalue weighted by molar-refractivity contribution is 6.34. The Morgan fingerprint density at radius 2 is 1.87 bits per heavy atom. The van der Waals surface area contributed by atoms with Gasteiger partial charge in [0.1, 0.15) is 23.0 Å². The summed E-state index contributed by atoms with van der Waals surface area (Å²) < 4.78 is 15.7. The van der Waals surface area contributed by atoms with Gasteiger partial charge < -0.3 is 10.6 Å². The summed E-state index contributed by atoms with van der Waals surface area (Å²) in [5.74, 6) is -1.35. The maximum Gasteiger partial charge on any atom is 0.272 e. The molecule has 0 bridgehead atoms. The van der Waals surface area contributed by atoms with Crippen molar-refractivity contribution >= 4 is 29.2 Å². The SMILES string of the molecule is CC(NC(=O)c1cc(NC(=O)c2cc(-c3ncccc3F)ccc2Cl)n(-c2ccccc2)n1)c1c[nH]nn1. The number of amides is 2.